The van der Waals surface area contributed by atoms with Gasteiger partial charge in [-0.1, -0.05) is 5.92 Å². The number of rotatable bonds is 1. The third kappa shape index (κ3) is 3.81. The van der Waals surface area contributed by atoms with Crippen LogP contribution in [0.25, 0.3) is 21.9 Å². The number of hydrogen-bond donors (Lipinski definition) is 1. The molecule has 1 aliphatic heterocycles. The van der Waals surface area contributed by atoms with E-state index in [1.807, 2.05) is 24.6 Å². The quantitative estimate of drug-likeness (QED) is 0.553. The van der Waals surface area contributed by atoms with Crippen molar-refractivity contribution in [2.45, 2.75) is 45.1 Å². The lowest BCUT2D eigenvalue weighted by Crippen LogP contribution is -2.40. The monoisotopic (exact) mass is 465 g/mol. The molecule has 0 unspecified atom stereocenters. The highest BCUT2D eigenvalue weighted by atomic mass is 16.2. The van der Waals surface area contributed by atoms with E-state index in [9.17, 15) is 10.1 Å². The van der Waals surface area contributed by atoms with E-state index in [-0.39, 0.29) is 17.9 Å². The molecular weight excluding hydrogens is 438 g/mol. The van der Waals surface area contributed by atoms with Crippen molar-refractivity contribution in [1.29, 1.82) is 5.26 Å². The first-order chi connectivity index (χ1) is 16.9. The van der Waals surface area contributed by atoms with E-state index in [0.29, 0.717) is 37.3 Å². The zero-order valence-corrected chi connectivity index (χ0v) is 20.0. The number of carbonyl (C=O) groups is 1. The van der Waals surface area contributed by atoms with Gasteiger partial charge in [0.2, 0.25) is 5.91 Å². The molecule has 0 radical (unpaired) electrons. The maximum Gasteiger partial charge on any atom is 0.227 e. The van der Waals surface area contributed by atoms with E-state index < -0.39 is 0 Å². The van der Waals surface area contributed by atoms with Crippen molar-refractivity contribution >= 4 is 33.7 Å². The van der Waals surface area contributed by atoms with Crippen molar-refractivity contribution in [2.24, 2.45) is 13.0 Å². The molecule has 1 fully saturated rings. The number of hydrogen-bond acceptors (Lipinski definition) is 6. The van der Waals surface area contributed by atoms with Gasteiger partial charge in [0.25, 0.3) is 0 Å². The molecule has 2 aliphatic rings. The Morgan fingerprint density at radius 1 is 1.23 bits per heavy atom. The summed E-state index contributed by atoms with van der Waals surface area (Å²) >= 11 is 0. The largest absolute Gasteiger partial charge is 0.383 e. The molecule has 2 atom stereocenters. The topological polar surface area (TPSA) is 114 Å². The number of fused-ring (bicyclic) bond motifs is 5. The Hall–Kier alpha value is -4.17. The fourth-order valence-corrected chi connectivity index (χ4v) is 5.50. The molecule has 35 heavy (non-hydrogen) atoms. The van der Waals surface area contributed by atoms with Crippen molar-refractivity contribution in [3.8, 4) is 18.4 Å². The van der Waals surface area contributed by atoms with Gasteiger partial charge < -0.3 is 15.2 Å². The Balaban J connectivity index is 1.76. The van der Waals surface area contributed by atoms with Gasteiger partial charge in [0.1, 0.15) is 29.5 Å². The standard InChI is InChI=1S/C27H27N7O/c1-4-19-10-16(2)11-22-23(24-25(29)31-15-32-26(24)33(22)3)21-8-7-17(12-18(21)14-30-19)27(35)34-9-5-6-20(34)13-28/h1,10-11,14-15,17,20H,5-9,12H2,2-3H3,(H2,29,31,32)/t17-,20+/m1/s1. The van der Waals surface area contributed by atoms with Crippen molar-refractivity contribution in [1.82, 2.24) is 24.4 Å². The van der Waals surface area contributed by atoms with Gasteiger partial charge in [-0.2, -0.15) is 5.26 Å². The second-order valence-corrected chi connectivity index (χ2v) is 9.36. The number of nitrogens with two attached hydrogens (primary N) is 1. The second kappa shape index (κ2) is 8.88. The number of aryl methyl sites for hydroxylation is 3. The van der Waals surface area contributed by atoms with Crippen LogP contribution in [0.15, 0.2) is 24.7 Å². The third-order valence-corrected chi connectivity index (χ3v) is 7.21. The molecule has 0 saturated carbocycles. The lowest BCUT2D eigenvalue weighted by molar-refractivity contribution is -0.135. The van der Waals surface area contributed by atoms with Gasteiger partial charge in [-0.05, 0) is 67.9 Å². The van der Waals surface area contributed by atoms with Crippen LogP contribution >= 0.6 is 0 Å². The molecule has 176 valence electrons. The number of nitrogen functional groups attached to an aromatic ring is 1. The Morgan fingerprint density at radius 2 is 2.06 bits per heavy atom. The van der Waals surface area contributed by atoms with Crippen molar-refractivity contribution < 1.29 is 4.79 Å². The Bertz CT molecular complexity index is 1510. The van der Waals surface area contributed by atoms with E-state index in [1.54, 1.807) is 11.1 Å². The molecule has 0 aromatic carbocycles. The molecule has 2 N–H and O–H groups in total. The first kappa shape index (κ1) is 22.6. The van der Waals surface area contributed by atoms with Crippen LogP contribution in [0, 0.1) is 36.5 Å². The first-order valence-corrected chi connectivity index (χ1v) is 11.8. The Kier molecular flexibility index (Phi) is 5.74. The normalized spacial score (nSPS) is 19.1. The number of likely N-dealkylation sites (tertiary alicyclic amines) is 1. The smallest absolute Gasteiger partial charge is 0.227 e. The molecule has 4 heterocycles. The molecule has 8 heteroatoms. The van der Waals surface area contributed by atoms with Crippen LogP contribution in [0.4, 0.5) is 5.82 Å². The molecule has 3 aromatic rings. The number of nitriles is 1. The summed E-state index contributed by atoms with van der Waals surface area (Å²) in [6.07, 6.45) is 12.5. The number of terminal acetylenes is 1. The average Bonchev–Trinajstić information content (AvgIpc) is 3.45. The molecule has 8 nitrogen and oxygen atoms in total. The fraction of sp³-hybridized carbons (Fsp3) is 0.370. The molecule has 0 bridgehead atoms. The van der Waals surface area contributed by atoms with Crippen LogP contribution in [-0.2, 0) is 24.7 Å². The van der Waals surface area contributed by atoms with Gasteiger partial charge in [0.05, 0.1) is 17.0 Å². The number of nitrogens with zero attached hydrogens (tertiary/aromatic N) is 6. The number of amides is 1. The zero-order valence-electron chi connectivity index (χ0n) is 20.0. The summed E-state index contributed by atoms with van der Waals surface area (Å²) in [5, 5.41) is 11.3. The van der Waals surface area contributed by atoms with Crippen molar-refractivity contribution in [3.05, 3.63) is 47.0 Å². The van der Waals surface area contributed by atoms with E-state index >= 15 is 0 Å². The molecule has 0 spiro atoms. The highest BCUT2D eigenvalue weighted by Gasteiger charge is 2.35. The van der Waals surface area contributed by atoms with Gasteiger partial charge in [-0.3, -0.25) is 4.79 Å². The molecule has 1 amide bonds. The van der Waals surface area contributed by atoms with Gasteiger partial charge in [-0.25, -0.2) is 15.0 Å². The second-order valence-electron chi connectivity index (χ2n) is 9.36. The summed E-state index contributed by atoms with van der Waals surface area (Å²) in [5.74, 6) is 2.92. The lowest BCUT2D eigenvalue weighted by Gasteiger charge is -2.29. The van der Waals surface area contributed by atoms with Crippen molar-refractivity contribution in [3.63, 3.8) is 0 Å². The molecular formula is C27H27N7O. The van der Waals surface area contributed by atoms with Crippen LogP contribution in [0.1, 0.15) is 41.6 Å². The van der Waals surface area contributed by atoms with Gasteiger partial charge in [0.15, 0.2) is 0 Å². The minimum absolute atomic E-state index is 0.0514. The fourth-order valence-electron chi connectivity index (χ4n) is 5.50. The van der Waals surface area contributed by atoms with Gasteiger partial charge >= 0.3 is 0 Å². The summed E-state index contributed by atoms with van der Waals surface area (Å²) in [7, 11) is 1.97. The molecule has 1 saturated heterocycles. The first-order valence-electron chi connectivity index (χ1n) is 11.8. The van der Waals surface area contributed by atoms with E-state index in [4.69, 9.17) is 12.2 Å². The summed E-state index contributed by atoms with van der Waals surface area (Å²) in [6.45, 7) is 2.63. The van der Waals surface area contributed by atoms with E-state index in [0.717, 1.165) is 51.5 Å². The zero-order chi connectivity index (χ0) is 24.7. The van der Waals surface area contributed by atoms with E-state index in [2.05, 4.69) is 33.0 Å². The number of aromatic nitrogens is 4. The summed E-state index contributed by atoms with van der Waals surface area (Å²) in [4.78, 5) is 28.5. The summed E-state index contributed by atoms with van der Waals surface area (Å²) in [6, 6.07) is 5.89. The number of anilines is 1. The summed E-state index contributed by atoms with van der Waals surface area (Å²) < 4.78 is 2.03. The predicted molar refractivity (Wildman–Crippen MR) is 134 cm³/mol. The molecule has 5 rings (SSSR count). The average molecular weight is 466 g/mol. The minimum Gasteiger partial charge on any atom is -0.383 e. The van der Waals surface area contributed by atoms with Crippen LogP contribution in [-0.4, -0.2) is 42.9 Å². The minimum atomic E-state index is -0.332. The number of carbonyl (C=O) groups excluding carboxylic acids is 1. The molecule has 3 aromatic heterocycles. The Labute approximate surface area is 204 Å². The molecule has 1 aliphatic carbocycles. The van der Waals surface area contributed by atoms with E-state index in [1.165, 1.54) is 6.33 Å². The Morgan fingerprint density at radius 3 is 2.83 bits per heavy atom. The summed E-state index contributed by atoms with van der Waals surface area (Å²) in [5.41, 5.74) is 11.6. The SMILES string of the molecule is C#Cc1cc(C)cc2c(c3c(cn1)C[C@H](C(=O)N1CCC[C@H]1C#N)CC3)c1c(N)ncnc1n2C. The highest BCUT2D eigenvalue weighted by Crippen LogP contribution is 2.37. The third-order valence-electron chi connectivity index (χ3n) is 7.21. The predicted octanol–water partition coefficient (Wildman–Crippen LogP) is 3.13. The maximum atomic E-state index is 13.4. The van der Waals surface area contributed by atoms with Crippen LogP contribution < -0.4 is 5.73 Å². The van der Waals surface area contributed by atoms with Crippen LogP contribution in [0.5, 0.6) is 0 Å². The maximum absolute atomic E-state index is 13.4. The highest BCUT2D eigenvalue weighted by molar-refractivity contribution is 6.12. The van der Waals surface area contributed by atoms with Gasteiger partial charge in [0, 0.05) is 31.1 Å². The van der Waals surface area contributed by atoms with Gasteiger partial charge in [-0.15, -0.1) is 6.42 Å². The lowest BCUT2D eigenvalue weighted by atomic mass is 9.82. The van der Waals surface area contributed by atoms with Crippen LogP contribution in [0.3, 0.4) is 0 Å². The van der Waals surface area contributed by atoms with Crippen molar-refractivity contribution in [2.75, 3.05) is 12.3 Å². The van der Waals surface area contributed by atoms with Crippen LogP contribution in [0.2, 0.25) is 0 Å².